The van der Waals surface area contributed by atoms with Crippen molar-refractivity contribution in [2.24, 2.45) is 0 Å². The number of aliphatic hydroxyl groups excluding tert-OH is 1. The molecule has 1 saturated carbocycles. The van der Waals surface area contributed by atoms with E-state index in [1.807, 2.05) is 4.57 Å². The summed E-state index contributed by atoms with van der Waals surface area (Å²) >= 11 is 0.790. The highest BCUT2D eigenvalue weighted by Gasteiger charge is 2.34. The molecule has 0 spiro atoms. The number of hydrogen-bond donors (Lipinski definition) is 4. The Morgan fingerprint density at radius 2 is 1.95 bits per heavy atom. The number of anilines is 1. The molecule has 220 valence electrons. The van der Waals surface area contributed by atoms with Gasteiger partial charge in [0.25, 0.3) is 5.91 Å². The normalized spacial score (nSPS) is 13.3. The highest BCUT2D eigenvalue weighted by molar-refractivity contribution is 7.13. The van der Waals surface area contributed by atoms with Gasteiger partial charge in [0.15, 0.2) is 5.69 Å². The van der Waals surface area contributed by atoms with Gasteiger partial charge in [-0.25, -0.2) is 14.8 Å². The van der Waals surface area contributed by atoms with E-state index in [1.165, 1.54) is 12.3 Å². The van der Waals surface area contributed by atoms with Crippen molar-refractivity contribution < 1.29 is 27.9 Å². The molecule has 0 bridgehead atoms. The third-order valence-corrected chi connectivity index (χ3v) is 7.53. The number of carbonyl (C=O) groups is 2. The number of pyridine rings is 2. The summed E-state index contributed by atoms with van der Waals surface area (Å²) in [5.74, 6) is -0.456. The first-order valence-corrected chi connectivity index (χ1v) is 14.1. The second-order valence-electron chi connectivity index (χ2n) is 9.71. The summed E-state index contributed by atoms with van der Waals surface area (Å²) in [5.41, 5.74) is 0.160. The largest absolute Gasteiger partial charge is 0.434 e. The Morgan fingerprint density at radius 3 is 2.62 bits per heavy atom. The molecule has 1 fully saturated rings. The number of nitrogens with zero attached hydrogens (tertiary/aromatic N) is 3. The monoisotopic (exact) mass is 600 g/mol. The summed E-state index contributed by atoms with van der Waals surface area (Å²) < 4.78 is 42.1. The quantitative estimate of drug-likeness (QED) is 0.204. The van der Waals surface area contributed by atoms with Crippen LogP contribution < -0.4 is 21.4 Å². The zero-order valence-corrected chi connectivity index (χ0v) is 23.2. The zero-order chi connectivity index (χ0) is 30.0. The number of amides is 3. The van der Waals surface area contributed by atoms with Gasteiger partial charge in [-0.05, 0) is 49.9 Å². The van der Waals surface area contributed by atoms with E-state index in [1.54, 1.807) is 31.3 Å². The van der Waals surface area contributed by atoms with Crippen LogP contribution in [0.2, 0.25) is 0 Å². The first-order chi connectivity index (χ1) is 20.1. The second kappa shape index (κ2) is 11.9. The van der Waals surface area contributed by atoms with Crippen molar-refractivity contribution in [3.8, 4) is 21.7 Å². The summed E-state index contributed by atoms with van der Waals surface area (Å²) in [5, 5.41) is 18.0. The van der Waals surface area contributed by atoms with Crippen molar-refractivity contribution in [2.75, 3.05) is 25.0 Å². The fraction of sp³-hybridized carbons (Fsp3) is 0.321. The lowest BCUT2D eigenvalue weighted by atomic mass is 9.99. The number of aliphatic hydroxyl groups is 1. The summed E-state index contributed by atoms with van der Waals surface area (Å²) in [7, 11) is 0. The minimum absolute atomic E-state index is 0.0425. The van der Waals surface area contributed by atoms with Gasteiger partial charge in [-0.2, -0.15) is 13.2 Å². The van der Waals surface area contributed by atoms with Crippen LogP contribution in [0.4, 0.5) is 23.8 Å². The molecule has 1 aromatic carbocycles. The molecule has 1 aliphatic rings. The number of carbonyl (C=O) groups excluding carboxylic acids is 2. The lowest BCUT2D eigenvalue weighted by Gasteiger charge is -2.15. The van der Waals surface area contributed by atoms with Crippen LogP contribution in [-0.4, -0.2) is 51.3 Å². The molecule has 10 nitrogen and oxygen atoms in total. The number of rotatable bonds is 9. The number of benzene rings is 1. The predicted molar refractivity (Wildman–Crippen MR) is 153 cm³/mol. The van der Waals surface area contributed by atoms with E-state index in [2.05, 4.69) is 25.9 Å². The van der Waals surface area contributed by atoms with Gasteiger partial charge < -0.3 is 20.3 Å². The molecular formula is C28H27F3N6O4S. The molecule has 1 aliphatic carbocycles. The molecule has 0 aliphatic heterocycles. The van der Waals surface area contributed by atoms with Gasteiger partial charge in [0.05, 0.1) is 5.52 Å². The maximum absolute atomic E-state index is 13.6. The molecule has 4 N–H and O–H groups in total. The van der Waals surface area contributed by atoms with Crippen molar-refractivity contribution in [3.05, 3.63) is 63.5 Å². The molecule has 0 atom stereocenters. The Kier molecular flexibility index (Phi) is 8.27. The van der Waals surface area contributed by atoms with Gasteiger partial charge in [0, 0.05) is 60.0 Å². The summed E-state index contributed by atoms with van der Waals surface area (Å²) in [4.78, 5) is 46.6. The van der Waals surface area contributed by atoms with Gasteiger partial charge in [0.2, 0.25) is 5.43 Å². The number of aromatic nitrogens is 3. The molecule has 4 aromatic rings. The first-order valence-electron chi connectivity index (χ1n) is 13.3. The van der Waals surface area contributed by atoms with E-state index in [-0.39, 0.29) is 46.5 Å². The predicted octanol–water partition coefficient (Wildman–Crippen LogP) is 4.79. The van der Waals surface area contributed by atoms with Crippen LogP contribution in [0.5, 0.6) is 0 Å². The molecule has 0 unspecified atom stereocenters. The van der Waals surface area contributed by atoms with Gasteiger partial charge >= 0.3 is 12.2 Å². The summed E-state index contributed by atoms with van der Waals surface area (Å²) in [6, 6.07) is 6.10. The Morgan fingerprint density at radius 1 is 1.17 bits per heavy atom. The standard InChI is InChI=1S/C28H27F3N6O4S/c1-2-32-27(41)36-23-11-17(26-35-22(14-42-26)28(29,30)31)19(12-34-23)15-4-7-21-18(10-15)24(39)20(13-37(21)16-5-6-16)25(40)33-8-3-9-38/h4,7,10-14,16,38H,2-3,5-6,8-9H2,1H3,(H,33,40)(H2,32,34,36,41). The number of hydrogen-bond acceptors (Lipinski definition) is 7. The number of urea groups is 1. The van der Waals surface area contributed by atoms with Crippen LogP contribution in [-0.2, 0) is 6.18 Å². The lowest BCUT2D eigenvalue weighted by Crippen LogP contribution is -2.30. The highest BCUT2D eigenvalue weighted by Crippen LogP contribution is 2.40. The molecule has 0 radical (unpaired) electrons. The van der Waals surface area contributed by atoms with Crippen molar-refractivity contribution in [1.82, 2.24) is 25.2 Å². The Bertz CT molecular complexity index is 1710. The molecular weight excluding hydrogens is 573 g/mol. The van der Waals surface area contributed by atoms with E-state index >= 15 is 0 Å². The number of nitrogens with one attached hydrogen (secondary N) is 3. The Hall–Kier alpha value is -4.30. The van der Waals surface area contributed by atoms with Crippen LogP contribution in [0.25, 0.3) is 32.6 Å². The molecule has 42 heavy (non-hydrogen) atoms. The SMILES string of the molecule is CCNC(=O)Nc1cc(-c2nc(C(F)(F)F)cs2)c(-c2ccc3c(c2)c(=O)c(C(=O)NCCCO)cn3C2CC2)cn1. The molecule has 14 heteroatoms. The van der Waals surface area contributed by atoms with Crippen molar-refractivity contribution in [1.29, 1.82) is 0 Å². The molecule has 3 amide bonds. The fourth-order valence-corrected chi connectivity index (χ4v) is 5.35. The smallest absolute Gasteiger partial charge is 0.396 e. The maximum Gasteiger partial charge on any atom is 0.434 e. The molecule has 0 saturated heterocycles. The fourth-order valence-electron chi connectivity index (χ4n) is 4.50. The van der Waals surface area contributed by atoms with Crippen LogP contribution in [0.1, 0.15) is 48.3 Å². The maximum atomic E-state index is 13.6. The first kappa shape index (κ1) is 29.2. The van der Waals surface area contributed by atoms with Crippen LogP contribution in [0, 0.1) is 0 Å². The molecule has 3 aromatic heterocycles. The van der Waals surface area contributed by atoms with E-state index in [0.29, 0.717) is 29.6 Å². The van der Waals surface area contributed by atoms with Gasteiger partial charge in [-0.3, -0.25) is 14.9 Å². The van der Waals surface area contributed by atoms with Crippen LogP contribution in [0.15, 0.2) is 46.8 Å². The summed E-state index contributed by atoms with van der Waals surface area (Å²) in [6.45, 7) is 2.19. The van der Waals surface area contributed by atoms with Crippen LogP contribution in [0.3, 0.4) is 0 Å². The number of fused-ring (bicyclic) bond motifs is 1. The van der Waals surface area contributed by atoms with E-state index in [0.717, 1.165) is 29.6 Å². The number of halogens is 3. The lowest BCUT2D eigenvalue weighted by molar-refractivity contribution is -0.140. The second-order valence-corrected chi connectivity index (χ2v) is 10.6. The minimum Gasteiger partial charge on any atom is -0.396 e. The number of alkyl halides is 3. The topological polar surface area (TPSA) is 138 Å². The number of thiazole rings is 1. The van der Waals surface area contributed by atoms with Gasteiger partial charge in [-0.15, -0.1) is 11.3 Å². The Balaban J connectivity index is 1.64. The zero-order valence-electron chi connectivity index (χ0n) is 22.4. The van der Waals surface area contributed by atoms with E-state index in [9.17, 15) is 27.6 Å². The molecule has 3 heterocycles. The molecule has 5 rings (SSSR count). The van der Waals surface area contributed by atoms with Gasteiger partial charge in [-0.1, -0.05) is 6.07 Å². The third-order valence-electron chi connectivity index (χ3n) is 6.66. The van der Waals surface area contributed by atoms with Crippen LogP contribution >= 0.6 is 11.3 Å². The average molecular weight is 601 g/mol. The van der Waals surface area contributed by atoms with E-state index in [4.69, 9.17) is 5.11 Å². The van der Waals surface area contributed by atoms with Crippen molar-refractivity contribution in [2.45, 2.75) is 38.4 Å². The van der Waals surface area contributed by atoms with E-state index < -0.39 is 29.2 Å². The van der Waals surface area contributed by atoms with Crippen molar-refractivity contribution >= 4 is 40.0 Å². The van der Waals surface area contributed by atoms with Gasteiger partial charge in [0.1, 0.15) is 16.4 Å². The minimum atomic E-state index is -4.64. The highest BCUT2D eigenvalue weighted by atomic mass is 32.1. The third kappa shape index (κ3) is 6.14. The Labute approximate surface area is 241 Å². The summed E-state index contributed by atoms with van der Waals surface area (Å²) in [6.07, 6.45) is 0.440. The van der Waals surface area contributed by atoms with Crippen molar-refractivity contribution in [3.63, 3.8) is 0 Å². The average Bonchev–Trinajstić information content (AvgIpc) is 3.67.